The molecule has 1 heterocycles. The van der Waals surface area contributed by atoms with Gasteiger partial charge in [0.05, 0.1) is 0 Å². The molecule has 0 bridgehead atoms. The average molecular weight is 346 g/mol. The van der Waals surface area contributed by atoms with Crippen LogP contribution in [0.4, 0.5) is 0 Å². The highest BCUT2D eigenvalue weighted by Crippen LogP contribution is 2.36. The van der Waals surface area contributed by atoms with Crippen LogP contribution in [0, 0.1) is 0 Å². The minimum absolute atomic E-state index is 0.173. The summed E-state index contributed by atoms with van der Waals surface area (Å²) in [4.78, 5) is 1.12. The van der Waals surface area contributed by atoms with Crippen molar-refractivity contribution in [3.8, 4) is 0 Å². The molecule has 2 N–H and O–H groups in total. The Balaban J connectivity index is 2.22. The van der Waals surface area contributed by atoms with Gasteiger partial charge in [0, 0.05) is 16.0 Å². The summed E-state index contributed by atoms with van der Waals surface area (Å²) < 4.78 is 1.91. The zero-order valence-electron chi connectivity index (χ0n) is 11.3. The van der Waals surface area contributed by atoms with E-state index in [0.717, 1.165) is 31.4 Å². The fraction of sp³-hybridized carbons (Fsp3) is 0.385. The second-order valence-corrected chi connectivity index (χ2v) is 8.02. The van der Waals surface area contributed by atoms with Crippen LogP contribution in [0.2, 0.25) is 5.02 Å². The lowest BCUT2D eigenvalue weighted by atomic mass is 10.1. The van der Waals surface area contributed by atoms with Crippen LogP contribution in [0.15, 0.2) is 31.8 Å². The van der Waals surface area contributed by atoms with Crippen molar-refractivity contribution >= 4 is 46.5 Å². The Morgan fingerprint density at radius 2 is 2.10 bits per heavy atom. The molecule has 3 nitrogen and oxygen atoms in total. The summed E-state index contributed by atoms with van der Waals surface area (Å²) in [5.74, 6) is 0. The van der Waals surface area contributed by atoms with E-state index in [1.54, 1.807) is 34.9 Å². The van der Waals surface area contributed by atoms with Gasteiger partial charge >= 0.3 is 0 Å². The molecule has 1 unspecified atom stereocenters. The number of halogens is 1. The van der Waals surface area contributed by atoms with Crippen LogP contribution in [-0.2, 0) is 6.42 Å². The molecular weight excluding hydrogens is 330 g/mol. The van der Waals surface area contributed by atoms with E-state index < -0.39 is 0 Å². The van der Waals surface area contributed by atoms with Gasteiger partial charge in [0.15, 0.2) is 8.68 Å². The Morgan fingerprint density at radius 1 is 1.35 bits per heavy atom. The first-order valence-electron chi connectivity index (χ1n) is 6.21. The van der Waals surface area contributed by atoms with Gasteiger partial charge in [-0.25, -0.2) is 0 Å². The molecule has 1 aromatic heterocycles. The number of thioether (sulfide) groups is 1. The van der Waals surface area contributed by atoms with Gasteiger partial charge in [0.2, 0.25) is 0 Å². The van der Waals surface area contributed by atoms with E-state index >= 15 is 0 Å². The second-order valence-electron chi connectivity index (χ2n) is 4.26. The average Bonchev–Trinajstić information content (AvgIpc) is 2.89. The predicted octanol–water partition coefficient (Wildman–Crippen LogP) is 4.34. The van der Waals surface area contributed by atoms with Crippen LogP contribution in [0.1, 0.15) is 18.9 Å². The third kappa shape index (κ3) is 4.36. The smallest absolute Gasteiger partial charge is 0.179 e. The van der Waals surface area contributed by atoms with Crippen LogP contribution in [-0.4, -0.2) is 22.5 Å². The number of benzene rings is 1. The van der Waals surface area contributed by atoms with Crippen molar-refractivity contribution in [3.05, 3.63) is 28.8 Å². The number of rotatable bonds is 6. The quantitative estimate of drug-likeness (QED) is 0.789. The highest BCUT2D eigenvalue weighted by Gasteiger charge is 2.12. The summed E-state index contributed by atoms with van der Waals surface area (Å²) in [7, 11) is 0. The van der Waals surface area contributed by atoms with Gasteiger partial charge in [0.1, 0.15) is 0 Å². The summed E-state index contributed by atoms with van der Waals surface area (Å²) in [6.07, 6.45) is 3.81. The maximum atomic E-state index is 6.10. The lowest BCUT2D eigenvalue weighted by molar-refractivity contribution is 0.641. The molecule has 20 heavy (non-hydrogen) atoms. The van der Waals surface area contributed by atoms with Crippen molar-refractivity contribution in [1.82, 2.24) is 10.2 Å². The first-order valence-corrected chi connectivity index (χ1v) is 9.45. The van der Waals surface area contributed by atoms with E-state index in [-0.39, 0.29) is 6.04 Å². The Morgan fingerprint density at radius 3 is 2.75 bits per heavy atom. The summed E-state index contributed by atoms with van der Waals surface area (Å²) in [6.45, 7) is 2.10. The molecule has 0 amide bonds. The van der Waals surface area contributed by atoms with E-state index in [4.69, 9.17) is 17.3 Å². The normalized spacial score (nSPS) is 12.6. The third-order valence-electron chi connectivity index (χ3n) is 2.80. The van der Waals surface area contributed by atoms with Crippen molar-refractivity contribution in [3.63, 3.8) is 0 Å². The highest BCUT2D eigenvalue weighted by molar-refractivity contribution is 8.03. The van der Waals surface area contributed by atoms with Crippen molar-refractivity contribution in [2.75, 3.05) is 6.26 Å². The minimum Gasteiger partial charge on any atom is -0.327 e. The molecule has 7 heteroatoms. The SMILES string of the molecule is CCC(N)Cc1ccc(Cl)cc1Sc1nnc(SC)s1. The lowest BCUT2D eigenvalue weighted by Gasteiger charge is -2.12. The van der Waals surface area contributed by atoms with E-state index in [1.165, 1.54) is 5.56 Å². The number of aromatic nitrogens is 2. The molecule has 2 rings (SSSR count). The first kappa shape index (κ1) is 16.1. The number of nitrogens with zero attached hydrogens (tertiary/aromatic N) is 2. The molecule has 0 fully saturated rings. The molecule has 0 radical (unpaired) electrons. The Bertz CT molecular complexity index is 574. The van der Waals surface area contributed by atoms with Crippen molar-refractivity contribution in [2.24, 2.45) is 5.73 Å². The highest BCUT2D eigenvalue weighted by atomic mass is 35.5. The summed E-state index contributed by atoms with van der Waals surface area (Å²) >= 11 is 10.9. The van der Waals surface area contributed by atoms with Crippen LogP contribution >= 0.6 is 46.5 Å². The molecule has 0 aliphatic rings. The Kier molecular flexibility index (Phi) is 6.17. The van der Waals surface area contributed by atoms with Crippen LogP contribution in [0.3, 0.4) is 0 Å². The largest absolute Gasteiger partial charge is 0.327 e. The standard InChI is InChI=1S/C13H16ClN3S3/c1-3-10(15)6-8-4-5-9(14)7-11(8)19-13-17-16-12(18-2)20-13/h4-5,7,10H,3,6,15H2,1-2H3. The topological polar surface area (TPSA) is 51.8 Å². The lowest BCUT2D eigenvalue weighted by Crippen LogP contribution is -2.21. The molecule has 0 saturated heterocycles. The molecule has 1 atom stereocenters. The maximum Gasteiger partial charge on any atom is 0.179 e. The fourth-order valence-electron chi connectivity index (χ4n) is 1.63. The first-order chi connectivity index (χ1) is 9.62. The predicted molar refractivity (Wildman–Crippen MR) is 89.2 cm³/mol. The molecule has 108 valence electrons. The summed E-state index contributed by atoms with van der Waals surface area (Å²) in [6, 6.07) is 6.11. The van der Waals surface area contributed by atoms with Gasteiger partial charge in [-0.3, -0.25) is 0 Å². The van der Waals surface area contributed by atoms with Gasteiger partial charge in [-0.15, -0.1) is 10.2 Å². The zero-order valence-corrected chi connectivity index (χ0v) is 14.5. The number of hydrogen-bond acceptors (Lipinski definition) is 6. The van der Waals surface area contributed by atoms with Crippen LogP contribution in [0.5, 0.6) is 0 Å². The van der Waals surface area contributed by atoms with Gasteiger partial charge in [-0.05, 0) is 36.8 Å². The summed E-state index contributed by atoms with van der Waals surface area (Å²) in [5, 5.41) is 9.03. The zero-order chi connectivity index (χ0) is 14.5. The van der Waals surface area contributed by atoms with E-state index in [2.05, 4.69) is 23.2 Å². The van der Waals surface area contributed by atoms with Crippen LogP contribution < -0.4 is 5.73 Å². The molecular formula is C13H16ClN3S3. The number of nitrogens with two attached hydrogens (primary N) is 1. The molecule has 0 saturated carbocycles. The number of hydrogen-bond donors (Lipinski definition) is 1. The molecule has 1 aromatic carbocycles. The molecule has 0 spiro atoms. The Labute approximate surface area is 136 Å². The molecule has 2 aromatic rings. The minimum atomic E-state index is 0.173. The second kappa shape index (κ2) is 7.66. The van der Waals surface area contributed by atoms with Gasteiger partial charge < -0.3 is 5.73 Å². The summed E-state index contributed by atoms with van der Waals surface area (Å²) in [5.41, 5.74) is 7.28. The van der Waals surface area contributed by atoms with Crippen molar-refractivity contribution < 1.29 is 0 Å². The van der Waals surface area contributed by atoms with Gasteiger partial charge in [-0.1, -0.05) is 59.5 Å². The van der Waals surface area contributed by atoms with Crippen LogP contribution in [0.25, 0.3) is 0 Å². The van der Waals surface area contributed by atoms with Crippen molar-refractivity contribution in [1.29, 1.82) is 0 Å². The monoisotopic (exact) mass is 345 g/mol. The third-order valence-corrected chi connectivity index (χ3v) is 6.08. The molecule has 0 aliphatic carbocycles. The van der Waals surface area contributed by atoms with Crippen molar-refractivity contribution in [2.45, 2.75) is 39.4 Å². The van der Waals surface area contributed by atoms with Gasteiger partial charge in [-0.2, -0.15) is 0 Å². The fourth-order valence-corrected chi connectivity index (χ4v) is 4.45. The van der Waals surface area contributed by atoms with E-state index in [1.807, 2.05) is 18.4 Å². The van der Waals surface area contributed by atoms with E-state index in [0.29, 0.717) is 0 Å². The van der Waals surface area contributed by atoms with E-state index in [9.17, 15) is 0 Å². The van der Waals surface area contributed by atoms with Gasteiger partial charge in [0.25, 0.3) is 0 Å². The molecule has 0 aliphatic heterocycles. The Hall–Kier alpha value is -0.270. The maximum absolute atomic E-state index is 6.10.